The van der Waals surface area contributed by atoms with Gasteiger partial charge in [-0.2, -0.15) is 0 Å². The molecule has 150 valence electrons. The molecule has 1 saturated heterocycles. The lowest BCUT2D eigenvalue weighted by Gasteiger charge is -2.39. The lowest BCUT2D eigenvalue weighted by Crippen LogP contribution is -2.53. The predicted octanol–water partition coefficient (Wildman–Crippen LogP) is 3.85. The van der Waals surface area contributed by atoms with Crippen LogP contribution in [0.4, 0.5) is 11.4 Å². The molecule has 5 nitrogen and oxygen atoms in total. The molecule has 2 aromatic rings. The maximum absolute atomic E-state index is 12.8. The van der Waals surface area contributed by atoms with E-state index in [0.29, 0.717) is 6.61 Å². The lowest BCUT2D eigenvalue weighted by atomic mass is 10.1. The summed E-state index contributed by atoms with van der Waals surface area (Å²) in [5.74, 6) is 0.986. The number of ether oxygens (including phenoxy) is 1. The number of rotatable bonds is 6. The summed E-state index contributed by atoms with van der Waals surface area (Å²) < 4.78 is 5.77. The highest BCUT2D eigenvalue weighted by atomic mass is 16.5. The first-order valence-corrected chi connectivity index (χ1v) is 10.1. The number of para-hydroxylation sites is 3. The largest absolute Gasteiger partial charge is 0.492 e. The molecule has 1 aliphatic rings. The van der Waals surface area contributed by atoms with E-state index < -0.39 is 0 Å². The van der Waals surface area contributed by atoms with E-state index in [9.17, 15) is 4.79 Å². The monoisotopic (exact) mass is 381 g/mol. The first-order chi connectivity index (χ1) is 13.5. The van der Waals surface area contributed by atoms with Gasteiger partial charge in [0.25, 0.3) is 0 Å². The van der Waals surface area contributed by atoms with Gasteiger partial charge in [0, 0.05) is 31.9 Å². The summed E-state index contributed by atoms with van der Waals surface area (Å²) in [4.78, 5) is 17.4. The molecule has 0 aliphatic carbocycles. The van der Waals surface area contributed by atoms with Crippen molar-refractivity contribution in [3.05, 3.63) is 53.6 Å². The Kier molecular flexibility index (Phi) is 6.57. The number of hydrogen-bond acceptors (Lipinski definition) is 4. The lowest BCUT2D eigenvalue weighted by molar-refractivity contribution is -0.120. The zero-order valence-corrected chi connectivity index (χ0v) is 17.4. The average Bonchev–Trinajstić information content (AvgIpc) is 2.71. The summed E-state index contributed by atoms with van der Waals surface area (Å²) in [5, 5.41) is 3.13. The van der Waals surface area contributed by atoms with Gasteiger partial charge in [0.15, 0.2) is 0 Å². The molecule has 1 atom stereocenters. The van der Waals surface area contributed by atoms with Crippen molar-refractivity contribution >= 4 is 17.3 Å². The smallest absolute Gasteiger partial charge is 0.241 e. The first kappa shape index (κ1) is 20.2. The molecule has 0 unspecified atom stereocenters. The minimum atomic E-state index is -0.164. The van der Waals surface area contributed by atoms with Crippen molar-refractivity contribution in [2.75, 3.05) is 43.0 Å². The molecule has 1 N–H and O–H groups in total. The summed E-state index contributed by atoms with van der Waals surface area (Å²) in [5.41, 5.74) is 4.26. The van der Waals surface area contributed by atoms with Crippen molar-refractivity contribution in [3.63, 3.8) is 0 Å². The summed E-state index contributed by atoms with van der Waals surface area (Å²) in [6.07, 6.45) is 0. The second-order valence-corrected chi connectivity index (χ2v) is 7.36. The van der Waals surface area contributed by atoms with E-state index in [1.165, 1.54) is 0 Å². The Morgan fingerprint density at radius 1 is 1.04 bits per heavy atom. The molecular formula is C23H31N3O2. The van der Waals surface area contributed by atoms with Crippen LogP contribution >= 0.6 is 0 Å². The van der Waals surface area contributed by atoms with E-state index in [1.807, 2.05) is 64.1 Å². The van der Waals surface area contributed by atoms with Crippen molar-refractivity contribution in [1.82, 2.24) is 4.90 Å². The number of carbonyl (C=O) groups excluding carboxylic acids is 1. The van der Waals surface area contributed by atoms with Crippen LogP contribution < -0.4 is 15.0 Å². The molecule has 3 rings (SSSR count). The normalized spacial score (nSPS) is 15.9. The maximum Gasteiger partial charge on any atom is 0.241 e. The standard InChI is InChI=1S/C23H31N3O2/c1-5-28-21-12-7-6-11-20(21)26-15-13-25(14-16-26)19(4)23(27)24-22-17(2)9-8-10-18(22)3/h6-12,19H,5,13-16H2,1-4H3,(H,24,27)/t19-/m1/s1. The van der Waals surface area contributed by atoms with Crippen LogP contribution in [-0.2, 0) is 4.79 Å². The third-order valence-corrected chi connectivity index (χ3v) is 5.48. The van der Waals surface area contributed by atoms with Gasteiger partial charge in [-0.3, -0.25) is 9.69 Å². The van der Waals surface area contributed by atoms with Gasteiger partial charge < -0.3 is 15.0 Å². The minimum absolute atomic E-state index is 0.0561. The number of piperazine rings is 1. The van der Waals surface area contributed by atoms with Crippen molar-refractivity contribution < 1.29 is 9.53 Å². The molecule has 1 fully saturated rings. The van der Waals surface area contributed by atoms with E-state index in [0.717, 1.165) is 54.4 Å². The van der Waals surface area contributed by atoms with E-state index >= 15 is 0 Å². The topological polar surface area (TPSA) is 44.8 Å². The van der Waals surface area contributed by atoms with Gasteiger partial charge in [0.05, 0.1) is 18.3 Å². The molecule has 5 heteroatoms. The van der Waals surface area contributed by atoms with E-state index in [-0.39, 0.29) is 11.9 Å². The zero-order valence-electron chi connectivity index (χ0n) is 17.4. The molecule has 2 aromatic carbocycles. The predicted molar refractivity (Wildman–Crippen MR) is 115 cm³/mol. The Balaban J connectivity index is 1.61. The summed E-state index contributed by atoms with van der Waals surface area (Å²) in [7, 11) is 0. The number of benzene rings is 2. The van der Waals surface area contributed by atoms with E-state index in [2.05, 4.69) is 21.2 Å². The Bertz CT molecular complexity index is 793. The maximum atomic E-state index is 12.8. The molecule has 0 bridgehead atoms. The van der Waals surface area contributed by atoms with Gasteiger partial charge >= 0.3 is 0 Å². The van der Waals surface area contributed by atoms with Crippen LogP contribution in [-0.4, -0.2) is 49.6 Å². The molecule has 1 amide bonds. The number of anilines is 2. The molecule has 0 saturated carbocycles. The fourth-order valence-corrected chi connectivity index (χ4v) is 3.75. The van der Waals surface area contributed by atoms with Crippen LogP contribution in [0.15, 0.2) is 42.5 Å². The van der Waals surface area contributed by atoms with Gasteiger partial charge in [0.1, 0.15) is 5.75 Å². The molecule has 1 aliphatic heterocycles. The Hall–Kier alpha value is -2.53. The molecule has 0 radical (unpaired) electrons. The fourth-order valence-electron chi connectivity index (χ4n) is 3.75. The molecule has 0 spiro atoms. The number of aryl methyl sites for hydroxylation is 2. The molecule has 0 aromatic heterocycles. The van der Waals surface area contributed by atoms with E-state index in [1.54, 1.807) is 0 Å². The third-order valence-electron chi connectivity index (χ3n) is 5.48. The SMILES string of the molecule is CCOc1ccccc1N1CCN([C@H](C)C(=O)Nc2c(C)cccc2C)CC1. The quantitative estimate of drug-likeness (QED) is 0.825. The van der Waals surface area contributed by atoms with Crippen LogP contribution in [0.3, 0.4) is 0 Å². The van der Waals surface area contributed by atoms with Crippen molar-refractivity contribution in [2.45, 2.75) is 33.7 Å². The molecular weight excluding hydrogens is 350 g/mol. The van der Waals surface area contributed by atoms with Crippen molar-refractivity contribution in [2.24, 2.45) is 0 Å². The van der Waals surface area contributed by atoms with Crippen LogP contribution in [0.25, 0.3) is 0 Å². The van der Waals surface area contributed by atoms with Crippen LogP contribution in [0.1, 0.15) is 25.0 Å². The highest BCUT2D eigenvalue weighted by Gasteiger charge is 2.27. The average molecular weight is 382 g/mol. The zero-order chi connectivity index (χ0) is 20.1. The highest BCUT2D eigenvalue weighted by molar-refractivity contribution is 5.95. The number of nitrogens with zero attached hydrogens (tertiary/aromatic N) is 2. The number of nitrogens with one attached hydrogen (secondary N) is 1. The van der Waals surface area contributed by atoms with Crippen LogP contribution in [0.5, 0.6) is 5.75 Å². The number of amides is 1. The highest BCUT2D eigenvalue weighted by Crippen LogP contribution is 2.29. The fraction of sp³-hybridized carbons (Fsp3) is 0.435. The Morgan fingerprint density at radius 3 is 2.32 bits per heavy atom. The van der Waals surface area contributed by atoms with Crippen molar-refractivity contribution in [3.8, 4) is 5.75 Å². The van der Waals surface area contributed by atoms with E-state index in [4.69, 9.17) is 4.74 Å². The third kappa shape index (κ3) is 4.47. The van der Waals surface area contributed by atoms with Gasteiger partial charge in [-0.05, 0) is 51.0 Å². The summed E-state index contributed by atoms with van der Waals surface area (Å²) in [6, 6.07) is 14.1. The second-order valence-electron chi connectivity index (χ2n) is 7.36. The minimum Gasteiger partial charge on any atom is -0.492 e. The molecule has 1 heterocycles. The number of hydrogen-bond donors (Lipinski definition) is 1. The van der Waals surface area contributed by atoms with Gasteiger partial charge in [-0.1, -0.05) is 30.3 Å². The van der Waals surface area contributed by atoms with Crippen LogP contribution in [0.2, 0.25) is 0 Å². The first-order valence-electron chi connectivity index (χ1n) is 10.1. The van der Waals surface area contributed by atoms with Gasteiger partial charge in [-0.25, -0.2) is 0 Å². The van der Waals surface area contributed by atoms with Crippen LogP contribution in [0, 0.1) is 13.8 Å². The number of carbonyl (C=O) groups is 1. The van der Waals surface area contributed by atoms with Gasteiger partial charge in [-0.15, -0.1) is 0 Å². The summed E-state index contributed by atoms with van der Waals surface area (Å²) >= 11 is 0. The Labute approximate surface area is 168 Å². The summed E-state index contributed by atoms with van der Waals surface area (Å²) in [6.45, 7) is 12.2. The van der Waals surface area contributed by atoms with Gasteiger partial charge in [0.2, 0.25) is 5.91 Å². The molecule has 28 heavy (non-hydrogen) atoms. The van der Waals surface area contributed by atoms with Crippen molar-refractivity contribution in [1.29, 1.82) is 0 Å². The Morgan fingerprint density at radius 2 is 1.68 bits per heavy atom. The second kappa shape index (κ2) is 9.11.